The number of piperidine rings is 1. The van der Waals surface area contributed by atoms with E-state index in [1.54, 1.807) is 24.4 Å². The molecule has 0 spiro atoms. The zero-order valence-corrected chi connectivity index (χ0v) is 19.2. The Bertz CT molecular complexity index is 1190. The van der Waals surface area contributed by atoms with Crippen LogP contribution in [0.15, 0.2) is 66.9 Å². The number of alkyl halides is 2. The van der Waals surface area contributed by atoms with Crippen LogP contribution in [0.5, 0.6) is 17.4 Å². The second-order valence-corrected chi connectivity index (χ2v) is 8.24. The number of nitrogens with zero attached hydrogens (tertiary/aromatic N) is 2. The number of pyridine rings is 1. The SMILES string of the molecule is O=C(NCc1ccc(Oc2ccc(F)cc2)nc1)C1CCCN(C(=O)c2ccccc2OC(F)F)C1. The molecule has 1 aliphatic rings. The van der Waals surface area contributed by atoms with E-state index in [1.807, 2.05) is 0 Å². The standard InChI is InChI=1S/C26H24F3N3O4/c27-19-8-10-20(11-9-19)35-23-12-7-17(14-30-23)15-31-24(33)18-4-3-13-32(16-18)25(34)21-5-1-2-6-22(21)36-26(28)29/h1-2,5-12,14,18,26H,3-4,13,15-16H2,(H,31,33). The van der Waals surface area contributed by atoms with Crippen LogP contribution in [0.4, 0.5) is 13.2 Å². The lowest BCUT2D eigenvalue weighted by molar-refractivity contribution is -0.126. The zero-order chi connectivity index (χ0) is 25.5. The summed E-state index contributed by atoms with van der Waals surface area (Å²) in [4.78, 5) is 31.4. The predicted molar refractivity (Wildman–Crippen MR) is 124 cm³/mol. The van der Waals surface area contributed by atoms with E-state index in [9.17, 15) is 22.8 Å². The van der Waals surface area contributed by atoms with Gasteiger partial charge >= 0.3 is 6.61 Å². The van der Waals surface area contributed by atoms with Crippen molar-refractivity contribution in [3.05, 3.63) is 83.8 Å². The quantitative estimate of drug-likeness (QED) is 0.483. The van der Waals surface area contributed by atoms with Crippen LogP contribution in [0, 0.1) is 11.7 Å². The van der Waals surface area contributed by atoms with Crippen molar-refractivity contribution in [2.24, 2.45) is 5.92 Å². The average molecular weight is 499 g/mol. The largest absolute Gasteiger partial charge is 0.439 e. The Hall–Kier alpha value is -4.08. The summed E-state index contributed by atoms with van der Waals surface area (Å²) in [7, 11) is 0. The van der Waals surface area contributed by atoms with Crippen LogP contribution >= 0.6 is 0 Å². The predicted octanol–water partition coefficient (Wildman–Crippen LogP) is 4.78. The molecule has 0 aliphatic carbocycles. The van der Waals surface area contributed by atoms with Crippen molar-refractivity contribution in [3.63, 3.8) is 0 Å². The summed E-state index contributed by atoms with van der Waals surface area (Å²) in [6.45, 7) is -2.21. The molecule has 1 unspecified atom stereocenters. The number of carbonyl (C=O) groups excluding carboxylic acids is 2. The van der Waals surface area contributed by atoms with Crippen molar-refractivity contribution in [2.45, 2.75) is 26.0 Å². The fourth-order valence-electron chi connectivity index (χ4n) is 3.92. The number of hydrogen-bond acceptors (Lipinski definition) is 5. The summed E-state index contributed by atoms with van der Waals surface area (Å²) < 4.78 is 48.5. The molecule has 1 aromatic heterocycles. The van der Waals surface area contributed by atoms with Crippen LogP contribution in [0.3, 0.4) is 0 Å². The van der Waals surface area contributed by atoms with E-state index in [4.69, 9.17) is 4.74 Å². The van der Waals surface area contributed by atoms with Gasteiger partial charge in [-0.2, -0.15) is 8.78 Å². The fraction of sp³-hybridized carbons (Fsp3) is 0.269. The number of aromatic nitrogens is 1. The van der Waals surface area contributed by atoms with Gasteiger partial charge in [-0.05, 0) is 54.8 Å². The van der Waals surface area contributed by atoms with E-state index in [-0.39, 0.29) is 36.1 Å². The Morgan fingerprint density at radius 3 is 2.58 bits per heavy atom. The summed E-state index contributed by atoms with van der Waals surface area (Å²) in [5.74, 6) is -0.874. The number of benzene rings is 2. The van der Waals surface area contributed by atoms with Gasteiger partial charge in [0.05, 0.1) is 11.5 Å². The maximum absolute atomic E-state index is 13.0. The van der Waals surface area contributed by atoms with Crippen LogP contribution in [-0.2, 0) is 11.3 Å². The number of nitrogens with one attached hydrogen (secondary N) is 1. The van der Waals surface area contributed by atoms with Gasteiger partial charge in [0.2, 0.25) is 11.8 Å². The summed E-state index contributed by atoms with van der Waals surface area (Å²) >= 11 is 0. The number of halogens is 3. The zero-order valence-electron chi connectivity index (χ0n) is 19.2. The van der Waals surface area contributed by atoms with Gasteiger partial charge < -0.3 is 19.7 Å². The van der Waals surface area contributed by atoms with Crippen molar-refractivity contribution < 1.29 is 32.2 Å². The molecular weight excluding hydrogens is 475 g/mol. The molecule has 2 amide bonds. The van der Waals surface area contributed by atoms with Crippen molar-refractivity contribution >= 4 is 11.8 Å². The summed E-state index contributed by atoms with van der Waals surface area (Å²) in [6, 6.07) is 14.8. The van der Waals surface area contributed by atoms with Crippen LogP contribution in [0.2, 0.25) is 0 Å². The minimum absolute atomic E-state index is 0.0351. The highest BCUT2D eigenvalue weighted by atomic mass is 19.3. The molecule has 1 fully saturated rings. The molecule has 36 heavy (non-hydrogen) atoms. The van der Waals surface area contributed by atoms with Gasteiger partial charge in [-0.15, -0.1) is 0 Å². The molecule has 1 atom stereocenters. The number of carbonyl (C=O) groups is 2. The second-order valence-electron chi connectivity index (χ2n) is 8.24. The second kappa shape index (κ2) is 11.6. The molecule has 188 valence electrons. The maximum atomic E-state index is 13.0. The van der Waals surface area contributed by atoms with E-state index < -0.39 is 18.4 Å². The third-order valence-corrected chi connectivity index (χ3v) is 5.71. The van der Waals surface area contributed by atoms with E-state index in [1.165, 1.54) is 47.4 Å². The van der Waals surface area contributed by atoms with Crippen LogP contribution in [0.25, 0.3) is 0 Å². The first-order valence-electron chi connectivity index (χ1n) is 11.4. The molecule has 4 rings (SSSR count). The molecule has 1 aliphatic heterocycles. The van der Waals surface area contributed by atoms with Crippen LogP contribution in [-0.4, -0.2) is 41.4 Å². The molecule has 1 saturated heterocycles. The third-order valence-electron chi connectivity index (χ3n) is 5.71. The normalized spacial score (nSPS) is 15.4. The van der Waals surface area contributed by atoms with Gasteiger partial charge in [-0.1, -0.05) is 18.2 Å². The van der Waals surface area contributed by atoms with Gasteiger partial charge in [0.1, 0.15) is 17.3 Å². The number of para-hydroxylation sites is 1. The van der Waals surface area contributed by atoms with E-state index >= 15 is 0 Å². The lowest BCUT2D eigenvalue weighted by atomic mass is 9.96. The summed E-state index contributed by atoms with van der Waals surface area (Å²) in [6.07, 6.45) is 2.78. The molecule has 2 heterocycles. The Labute approximate surface area is 205 Å². The molecule has 3 aromatic rings. The lowest BCUT2D eigenvalue weighted by Gasteiger charge is -2.32. The third kappa shape index (κ3) is 6.53. The van der Waals surface area contributed by atoms with Crippen molar-refractivity contribution in [1.29, 1.82) is 0 Å². The molecule has 0 saturated carbocycles. The highest BCUT2D eigenvalue weighted by Crippen LogP contribution is 2.25. The number of likely N-dealkylation sites (tertiary alicyclic amines) is 1. The van der Waals surface area contributed by atoms with Gasteiger partial charge in [0.15, 0.2) is 0 Å². The minimum Gasteiger partial charge on any atom is -0.439 e. The highest BCUT2D eigenvalue weighted by molar-refractivity contribution is 5.97. The molecule has 0 radical (unpaired) electrons. The Morgan fingerprint density at radius 2 is 1.86 bits per heavy atom. The molecule has 10 heteroatoms. The molecule has 2 aromatic carbocycles. The maximum Gasteiger partial charge on any atom is 0.387 e. The lowest BCUT2D eigenvalue weighted by Crippen LogP contribution is -2.45. The average Bonchev–Trinajstić information content (AvgIpc) is 2.89. The van der Waals surface area contributed by atoms with Crippen molar-refractivity contribution in [1.82, 2.24) is 15.2 Å². The first-order chi connectivity index (χ1) is 17.4. The van der Waals surface area contributed by atoms with Crippen LogP contribution in [0.1, 0.15) is 28.8 Å². The van der Waals surface area contributed by atoms with Gasteiger partial charge in [-0.25, -0.2) is 9.37 Å². The summed E-state index contributed by atoms with van der Waals surface area (Å²) in [5, 5.41) is 2.86. The van der Waals surface area contributed by atoms with E-state index in [0.717, 1.165) is 5.56 Å². The first-order valence-corrected chi connectivity index (χ1v) is 11.4. The smallest absolute Gasteiger partial charge is 0.387 e. The molecule has 0 bridgehead atoms. The molecule has 1 N–H and O–H groups in total. The van der Waals surface area contributed by atoms with Crippen molar-refractivity contribution in [2.75, 3.05) is 13.1 Å². The fourth-order valence-corrected chi connectivity index (χ4v) is 3.92. The Kier molecular flexibility index (Phi) is 8.04. The molecule has 7 nitrogen and oxygen atoms in total. The van der Waals surface area contributed by atoms with E-state index in [0.29, 0.717) is 31.0 Å². The van der Waals surface area contributed by atoms with Gasteiger partial charge in [0, 0.05) is 31.9 Å². The Balaban J connectivity index is 1.31. The van der Waals surface area contributed by atoms with Gasteiger partial charge in [0.25, 0.3) is 5.91 Å². The van der Waals surface area contributed by atoms with Gasteiger partial charge in [-0.3, -0.25) is 9.59 Å². The van der Waals surface area contributed by atoms with Crippen LogP contribution < -0.4 is 14.8 Å². The number of amides is 2. The number of rotatable bonds is 8. The van der Waals surface area contributed by atoms with Crippen molar-refractivity contribution in [3.8, 4) is 17.4 Å². The monoisotopic (exact) mass is 499 g/mol. The first kappa shape index (κ1) is 25.0. The van der Waals surface area contributed by atoms with E-state index in [2.05, 4.69) is 15.0 Å². The molecular formula is C26H24F3N3O4. The highest BCUT2D eigenvalue weighted by Gasteiger charge is 2.30. The topological polar surface area (TPSA) is 80.8 Å². The number of hydrogen-bond donors (Lipinski definition) is 1. The minimum atomic E-state index is -3.04. The number of ether oxygens (including phenoxy) is 2. The summed E-state index contributed by atoms with van der Waals surface area (Å²) in [5.41, 5.74) is 0.782. The Morgan fingerprint density at radius 1 is 1.08 bits per heavy atom.